The van der Waals surface area contributed by atoms with Gasteiger partial charge in [0.05, 0.1) is 6.61 Å². The molecule has 0 bridgehead atoms. The van der Waals surface area contributed by atoms with E-state index in [0.29, 0.717) is 29.4 Å². The smallest absolute Gasteiger partial charge is 0.269 e. The van der Waals surface area contributed by atoms with Gasteiger partial charge in [-0.15, -0.1) is 0 Å². The van der Waals surface area contributed by atoms with Gasteiger partial charge in [0.2, 0.25) is 0 Å². The maximum atomic E-state index is 12.3. The van der Waals surface area contributed by atoms with Crippen molar-refractivity contribution in [2.45, 2.75) is 13.8 Å². The number of amides is 2. The van der Waals surface area contributed by atoms with Crippen molar-refractivity contribution in [3.05, 3.63) is 90.0 Å². The Morgan fingerprint density at radius 2 is 1.38 bits per heavy atom. The van der Waals surface area contributed by atoms with Crippen LogP contribution in [0.4, 0.5) is 0 Å². The summed E-state index contributed by atoms with van der Waals surface area (Å²) in [5.74, 6) is 0.216. The Kier molecular flexibility index (Phi) is 6.63. The zero-order chi connectivity index (χ0) is 20.6. The largest absolute Gasteiger partial charge is 0.493 e. The fourth-order valence-electron chi connectivity index (χ4n) is 2.69. The number of hydrogen-bond donors (Lipinski definition) is 2. The van der Waals surface area contributed by atoms with Crippen LogP contribution in [0, 0.1) is 5.92 Å². The summed E-state index contributed by atoms with van der Waals surface area (Å²) in [6, 6.07) is 24.0. The minimum Gasteiger partial charge on any atom is -0.493 e. The van der Waals surface area contributed by atoms with Crippen LogP contribution in [-0.2, 0) is 0 Å². The van der Waals surface area contributed by atoms with E-state index in [-0.39, 0.29) is 5.91 Å². The second kappa shape index (κ2) is 9.55. The molecule has 0 spiro atoms. The quantitative estimate of drug-likeness (QED) is 0.613. The lowest BCUT2D eigenvalue weighted by molar-refractivity contribution is 0.0846. The number of hydrogen-bond acceptors (Lipinski definition) is 3. The highest BCUT2D eigenvalue weighted by Gasteiger charge is 2.10. The molecular formula is C24H24N2O3. The highest BCUT2D eigenvalue weighted by Crippen LogP contribution is 2.19. The molecule has 2 amide bonds. The van der Waals surface area contributed by atoms with Gasteiger partial charge in [0.25, 0.3) is 11.8 Å². The van der Waals surface area contributed by atoms with Crippen molar-refractivity contribution < 1.29 is 14.3 Å². The normalized spacial score (nSPS) is 10.4. The predicted octanol–water partition coefficient (Wildman–Crippen LogP) is 4.46. The van der Waals surface area contributed by atoms with Gasteiger partial charge in [-0.2, -0.15) is 0 Å². The van der Waals surface area contributed by atoms with Crippen LogP contribution in [0.15, 0.2) is 78.9 Å². The molecule has 3 aromatic rings. The molecule has 2 N–H and O–H groups in total. The molecule has 0 aliphatic heterocycles. The molecule has 0 aliphatic carbocycles. The lowest BCUT2D eigenvalue weighted by atomic mass is 10.0. The molecule has 0 heterocycles. The van der Waals surface area contributed by atoms with Crippen LogP contribution in [0.2, 0.25) is 0 Å². The number of hydrazine groups is 1. The van der Waals surface area contributed by atoms with Crippen LogP contribution in [-0.4, -0.2) is 18.4 Å². The third-order valence-electron chi connectivity index (χ3n) is 4.22. The van der Waals surface area contributed by atoms with Gasteiger partial charge in [-0.05, 0) is 47.4 Å². The lowest BCUT2D eigenvalue weighted by Gasteiger charge is -2.11. The molecule has 0 saturated heterocycles. The average Bonchev–Trinajstić information content (AvgIpc) is 2.76. The predicted molar refractivity (Wildman–Crippen MR) is 114 cm³/mol. The van der Waals surface area contributed by atoms with Crippen molar-refractivity contribution in [1.29, 1.82) is 0 Å². The van der Waals surface area contributed by atoms with Gasteiger partial charge < -0.3 is 4.74 Å². The average molecular weight is 388 g/mol. The highest BCUT2D eigenvalue weighted by molar-refractivity contribution is 5.99. The van der Waals surface area contributed by atoms with Crippen LogP contribution in [0.3, 0.4) is 0 Å². The van der Waals surface area contributed by atoms with Gasteiger partial charge in [-0.25, -0.2) is 0 Å². The first kappa shape index (κ1) is 20.1. The molecule has 5 nitrogen and oxygen atoms in total. The molecule has 0 fully saturated rings. The topological polar surface area (TPSA) is 67.4 Å². The highest BCUT2D eigenvalue weighted by atomic mass is 16.5. The van der Waals surface area contributed by atoms with E-state index < -0.39 is 5.91 Å². The molecule has 0 radical (unpaired) electrons. The molecule has 29 heavy (non-hydrogen) atoms. The molecule has 3 aromatic carbocycles. The number of ether oxygens (including phenoxy) is 1. The Bertz CT molecular complexity index is 967. The summed E-state index contributed by atoms with van der Waals surface area (Å²) in [6.07, 6.45) is 0. The first-order valence-corrected chi connectivity index (χ1v) is 9.52. The summed E-state index contributed by atoms with van der Waals surface area (Å²) in [5.41, 5.74) is 7.85. The van der Waals surface area contributed by atoms with Crippen molar-refractivity contribution in [2.75, 3.05) is 6.61 Å². The Morgan fingerprint density at radius 3 is 2.03 bits per heavy atom. The Hall–Kier alpha value is -3.60. The lowest BCUT2D eigenvalue weighted by Crippen LogP contribution is -2.41. The van der Waals surface area contributed by atoms with Crippen molar-refractivity contribution in [3.63, 3.8) is 0 Å². The monoisotopic (exact) mass is 388 g/mol. The van der Waals surface area contributed by atoms with Crippen molar-refractivity contribution >= 4 is 11.8 Å². The summed E-state index contributed by atoms with van der Waals surface area (Å²) >= 11 is 0. The Labute approximate surface area is 170 Å². The van der Waals surface area contributed by atoms with E-state index in [4.69, 9.17) is 4.74 Å². The minimum atomic E-state index is -0.408. The fourth-order valence-corrected chi connectivity index (χ4v) is 2.69. The molecular weight excluding hydrogens is 364 g/mol. The molecule has 0 atom stereocenters. The number of rotatable bonds is 6. The Morgan fingerprint density at radius 1 is 0.759 bits per heavy atom. The van der Waals surface area contributed by atoms with E-state index in [1.807, 2.05) is 42.5 Å². The summed E-state index contributed by atoms with van der Waals surface area (Å²) in [5, 5.41) is 0. The first-order chi connectivity index (χ1) is 14.0. The fraction of sp³-hybridized carbons (Fsp3) is 0.167. The van der Waals surface area contributed by atoms with Gasteiger partial charge in [0, 0.05) is 11.1 Å². The molecule has 0 aromatic heterocycles. The summed E-state index contributed by atoms with van der Waals surface area (Å²) in [7, 11) is 0. The second-order valence-corrected chi connectivity index (χ2v) is 7.08. The number of carbonyl (C=O) groups excluding carboxylic acids is 2. The van der Waals surface area contributed by atoms with Gasteiger partial charge in [0.1, 0.15) is 5.75 Å². The number of nitrogens with one attached hydrogen (secondary N) is 2. The maximum Gasteiger partial charge on any atom is 0.269 e. The molecule has 0 unspecified atom stereocenters. The third kappa shape index (κ3) is 5.69. The van der Waals surface area contributed by atoms with Crippen molar-refractivity contribution in [1.82, 2.24) is 10.9 Å². The van der Waals surface area contributed by atoms with E-state index in [1.165, 1.54) is 0 Å². The molecule has 148 valence electrons. The van der Waals surface area contributed by atoms with Gasteiger partial charge in [-0.3, -0.25) is 20.4 Å². The van der Waals surface area contributed by atoms with E-state index in [1.54, 1.807) is 36.4 Å². The van der Waals surface area contributed by atoms with Crippen LogP contribution in [0.25, 0.3) is 11.1 Å². The first-order valence-electron chi connectivity index (χ1n) is 9.52. The number of carbonyl (C=O) groups is 2. The zero-order valence-corrected chi connectivity index (χ0v) is 16.5. The van der Waals surface area contributed by atoms with Crippen LogP contribution >= 0.6 is 0 Å². The standard InChI is InChI=1S/C24H24N2O3/c1-17(2)16-29-22-10-6-9-21(15-22)24(28)26-25-23(27)20-13-11-19(12-14-20)18-7-4-3-5-8-18/h3-15,17H,16H2,1-2H3,(H,25,27)(H,26,28). The summed E-state index contributed by atoms with van der Waals surface area (Å²) < 4.78 is 5.63. The zero-order valence-electron chi connectivity index (χ0n) is 16.5. The molecule has 0 saturated carbocycles. The van der Waals surface area contributed by atoms with Gasteiger partial charge in [0.15, 0.2) is 0 Å². The molecule has 0 aliphatic rings. The van der Waals surface area contributed by atoms with Crippen molar-refractivity contribution in [3.8, 4) is 16.9 Å². The van der Waals surface area contributed by atoms with E-state index in [9.17, 15) is 9.59 Å². The molecule has 3 rings (SSSR count). The van der Waals surface area contributed by atoms with Crippen LogP contribution in [0.1, 0.15) is 34.6 Å². The van der Waals surface area contributed by atoms with Crippen molar-refractivity contribution in [2.24, 2.45) is 5.92 Å². The van der Waals surface area contributed by atoms with E-state index in [0.717, 1.165) is 11.1 Å². The molecule has 5 heteroatoms. The van der Waals surface area contributed by atoms with E-state index in [2.05, 4.69) is 24.7 Å². The van der Waals surface area contributed by atoms with Gasteiger partial charge in [-0.1, -0.05) is 62.4 Å². The van der Waals surface area contributed by atoms with Crippen LogP contribution < -0.4 is 15.6 Å². The van der Waals surface area contributed by atoms with Crippen LogP contribution in [0.5, 0.6) is 5.75 Å². The number of benzene rings is 3. The third-order valence-corrected chi connectivity index (χ3v) is 4.22. The summed E-state index contributed by atoms with van der Waals surface area (Å²) in [4.78, 5) is 24.7. The van der Waals surface area contributed by atoms with Gasteiger partial charge >= 0.3 is 0 Å². The summed E-state index contributed by atoms with van der Waals surface area (Å²) in [6.45, 7) is 4.68. The minimum absolute atomic E-state index is 0.384. The Balaban J connectivity index is 1.57. The maximum absolute atomic E-state index is 12.3. The SMILES string of the molecule is CC(C)COc1cccc(C(=O)NNC(=O)c2ccc(-c3ccccc3)cc2)c1. The second-order valence-electron chi connectivity index (χ2n) is 7.08. The van der Waals surface area contributed by atoms with E-state index >= 15 is 0 Å².